The van der Waals surface area contributed by atoms with Crippen LogP contribution in [-0.4, -0.2) is 29.7 Å². The van der Waals surface area contributed by atoms with Crippen LogP contribution in [0.25, 0.3) is 0 Å². The van der Waals surface area contributed by atoms with Gasteiger partial charge in [-0.3, -0.25) is 4.79 Å². The third-order valence-corrected chi connectivity index (χ3v) is 8.22. The number of nitrogens with one attached hydrogen (secondary N) is 1. The van der Waals surface area contributed by atoms with Crippen molar-refractivity contribution in [3.05, 3.63) is 38.9 Å². The number of pyridine rings is 1. The Labute approximate surface area is 196 Å². The van der Waals surface area contributed by atoms with Gasteiger partial charge in [-0.25, -0.2) is 9.78 Å². The number of carbonyl (C=O) groups is 2. The van der Waals surface area contributed by atoms with Gasteiger partial charge in [0.2, 0.25) is 5.91 Å². The Morgan fingerprint density at radius 1 is 1.19 bits per heavy atom. The largest absolute Gasteiger partial charge is 0.465 e. The molecule has 0 bridgehead atoms. The molecule has 0 saturated heterocycles. The number of methoxy groups -OCH3 is 1. The van der Waals surface area contributed by atoms with Crippen molar-refractivity contribution in [3.8, 4) is 6.07 Å². The zero-order chi connectivity index (χ0) is 22.5. The Bertz CT molecular complexity index is 1070. The van der Waals surface area contributed by atoms with Gasteiger partial charge in [0, 0.05) is 22.7 Å². The lowest BCUT2D eigenvalue weighted by molar-refractivity contribution is -0.115. The molecule has 0 saturated carbocycles. The molecule has 0 spiro atoms. The summed E-state index contributed by atoms with van der Waals surface area (Å²) < 4.78 is 5.03. The van der Waals surface area contributed by atoms with Crippen molar-refractivity contribution >= 4 is 40.0 Å². The number of esters is 1. The molecule has 0 aromatic carbocycles. The van der Waals surface area contributed by atoms with Crippen LogP contribution in [0.3, 0.4) is 0 Å². The number of aryl methyl sites for hydroxylation is 3. The summed E-state index contributed by atoms with van der Waals surface area (Å²) in [4.78, 5) is 31.1. The van der Waals surface area contributed by atoms with E-state index in [0.29, 0.717) is 26.9 Å². The highest BCUT2D eigenvalue weighted by Gasteiger charge is 2.26. The number of thioether (sulfide) groups is 1. The minimum absolute atomic E-state index is 0.142. The zero-order valence-corrected chi connectivity index (χ0v) is 19.9. The third kappa shape index (κ3) is 5.00. The fourth-order valence-corrected chi connectivity index (χ4v) is 6.61. The minimum Gasteiger partial charge on any atom is -0.465 e. The molecule has 2 aromatic heterocycles. The van der Waals surface area contributed by atoms with Gasteiger partial charge in [0.25, 0.3) is 0 Å². The van der Waals surface area contributed by atoms with Gasteiger partial charge >= 0.3 is 5.97 Å². The molecule has 0 radical (unpaired) electrons. The molecule has 2 aromatic rings. The number of aromatic nitrogens is 1. The van der Waals surface area contributed by atoms with Crippen molar-refractivity contribution in [2.45, 2.75) is 69.2 Å². The van der Waals surface area contributed by atoms with Crippen LogP contribution in [0.4, 0.5) is 5.00 Å². The molecule has 8 heteroatoms. The monoisotopic (exact) mass is 469 g/mol. The predicted molar refractivity (Wildman–Crippen MR) is 126 cm³/mol. The highest BCUT2D eigenvalue weighted by molar-refractivity contribution is 7.99. The van der Waals surface area contributed by atoms with Gasteiger partial charge in [-0.15, -0.1) is 23.1 Å². The molecular formula is C24H27N3O3S2. The molecule has 6 nitrogen and oxygen atoms in total. The van der Waals surface area contributed by atoms with Gasteiger partial charge in [-0.1, -0.05) is 12.8 Å². The quantitative estimate of drug-likeness (QED) is 0.469. The van der Waals surface area contributed by atoms with Gasteiger partial charge < -0.3 is 10.1 Å². The molecule has 2 aliphatic carbocycles. The third-order valence-electron chi connectivity index (χ3n) is 6.02. The van der Waals surface area contributed by atoms with Gasteiger partial charge in [0.05, 0.1) is 18.2 Å². The molecule has 32 heavy (non-hydrogen) atoms. The number of anilines is 1. The Balaban J connectivity index is 1.43. The minimum atomic E-state index is -0.381. The smallest absolute Gasteiger partial charge is 0.341 e. The van der Waals surface area contributed by atoms with Crippen LogP contribution in [0.5, 0.6) is 0 Å². The second kappa shape index (κ2) is 10.5. The second-order valence-electron chi connectivity index (χ2n) is 8.17. The molecule has 0 fully saturated rings. The van der Waals surface area contributed by atoms with Crippen molar-refractivity contribution in [1.29, 1.82) is 5.26 Å². The Hall–Kier alpha value is -2.37. The molecular weight excluding hydrogens is 442 g/mol. The van der Waals surface area contributed by atoms with E-state index in [-0.39, 0.29) is 18.3 Å². The van der Waals surface area contributed by atoms with E-state index in [1.807, 2.05) is 6.07 Å². The maximum atomic E-state index is 12.7. The van der Waals surface area contributed by atoms with Crippen molar-refractivity contribution in [2.75, 3.05) is 18.2 Å². The first kappa shape index (κ1) is 22.8. The molecule has 0 unspecified atom stereocenters. The average molecular weight is 470 g/mol. The number of nitrogens with zero attached hydrogens (tertiary/aromatic N) is 2. The SMILES string of the molecule is COC(=O)c1c(NC(=O)CCSc2nc3c(cc2C#N)CCC3)sc2c1CCCCCC2. The molecule has 1 N–H and O–H groups in total. The van der Waals surface area contributed by atoms with Gasteiger partial charge in [0.15, 0.2) is 0 Å². The summed E-state index contributed by atoms with van der Waals surface area (Å²) in [5, 5.41) is 13.7. The number of hydrogen-bond acceptors (Lipinski definition) is 7. The van der Waals surface area contributed by atoms with Crippen molar-refractivity contribution in [2.24, 2.45) is 0 Å². The lowest BCUT2D eigenvalue weighted by Gasteiger charge is -2.11. The first-order valence-corrected chi connectivity index (χ1v) is 13.0. The van der Waals surface area contributed by atoms with E-state index < -0.39 is 0 Å². The number of fused-ring (bicyclic) bond motifs is 2. The van der Waals surface area contributed by atoms with Crippen molar-refractivity contribution in [3.63, 3.8) is 0 Å². The molecule has 0 aliphatic heterocycles. The predicted octanol–water partition coefficient (Wildman–Crippen LogP) is 5.07. The Kier molecular flexibility index (Phi) is 7.48. The number of thiophene rings is 1. The first-order chi connectivity index (χ1) is 15.6. The van der Waals surface area contributed by atoms with E-state index >= 15 is 0 Å². The summed E-state index contributed by atoms with van der Waals surface area (Å²) in [6.45, 7) is 0. The van der Waals surface area contributed by atoms with Crippen LogP contribution in [-0.2, 0) is 35.2 Å². The van der Waals surface area contributed by atoms with Crippen molar-refractivity contribution < 1.29 is 14.3 Å². The van der Waals surface area contributed by atoms with Crippen LogP contribution >= 0.6 is 23.1 Å². The molecule has 2 aliphatic rings. The van der Waals surface area contributed by atoms with Gasteiger partial charge in [-0.05, 0) is 62.1 Å². The lowest BCUT2D eigenvalue weighted by atomic mass is 9.96. The molecule has 0 atom stereocenters. The van der Waals surface area contributed by atoms with Crippen LogP contribution in [0.1, 0.15) is 76.1 Å². The lowest BCUT2D eigenvalue weighted by Crippen LogP contribution is -2.15. The average Bonchev–Trinajstić information content (AvgIpc) is 3.36. The Morgan fingerprint density at radius 2 is 2.00 bits per heavy atom. The molecule has 1 amide bonds. The maximum Gasteiger partial charge on any atom is 0.341 e. The van der Waals surface area contributed by atoms with Gasteiger partial charge in [-0.2, -0.15) is 5.26 Å². The zero-order valence-electron chi connectivity index (χ0n) is 18.3. The molecule has 168 valence electrons. The summed E-state index contributed by atoms with van der Waals surface area (Å²) in [5.41, 5.74) is 4.42. The Morgan fingerprint density at radius 3 is 2.78 bits per heavy atom. The van der Waals surface area contributed by atoms with E-state index in [1.54, 1.807) is 0 Å². The van der Waals surface area contributed by atoms with E-state index in [9.17, 15) is 14.9 Å². The van der Waals surface area contributed by atoms with E-state index in [1.165, 1.54) is 47.1 Å². The standard InChI is InChI=1S/C24H27N3O3S2/c1-30-24(29)21-17-8-4-2-3-5-10-19(17)32-23(21)27-20(28)11-12-31-22-16(14-25)13-15-7-6-9-18(15)26-22/h13H,2-12H2,1H3,(H,27,28). The van der Waals surface area contributed by atoms with Crippen LogP contribution in [0.15, 0.2) is 11.1 Å². The summed E-state index contributed by atoms with van der Waals surface area (Å²) in [6.07, 6.45) is 9.60. The number of hydrogen-bond donors (Lipinski definition) is 1. The van der Waals surface area contributed by atoms with Crippen LogP contribution in [0, 0.1) is 11.3 Å². The van der Waals surface area contributed by atoms with E-state index in [4.69, 9.17) is 4.74 Å². The molecule has 2 heterocycles. The summed E-state index contributed by atoms with van der Waals surface area (Å²) >= 11 is 2.95. The number of rotatable bonds is 6. The summed E-state index contributed by atoms with van der Waals surface area (Å²) in [6, 6.07) is 4.18. The summed E-state index contributed by atoms with van der Waals surface area (Å²) in [7, 11) is 1.38. The number of nitriles is 1. The maximum absolute atomic E-state index is 12.7. The first-order valence-electron chi connectivity index (χ1n) is 11.2. The topological polar surface area (TPSA) is 92.1 Å². The second-order valence-corrected chi connectivity index (χ2v) is 10.4. The normalized spacial score (nSPS) is 15.1. The number of ether oxygens (including phenoxy) is 1. The fraction of sp³-hybridized carbons (Fsp3) is 0.500. The highest BCUT2D eigenvalue weighted by atomic mass is 32.2. The van der Waals surface area contributed by atoms with Crippen LogP contribution < -0.4 is 5.32 Å². The van der Waals surface area contributed by atoms with Crippen LogP contribution in [0.2, 0.25) is 0 Å². The number of amides is 1. The van der Waals surface area contributed by atoms with Gasteiger partial charge in [0.1, 0.15) is 16.1 Å². The van der Waals surface area contributed by atoms with E-state index in [0.717, 1.165) is 62.6 Å². The summed E-state index contributed by atoms with van der Waals surface area (Å²) in [5.74, 6) is -0.00408. The van der Waals surface area contributed by atoms with Crippen molar-refractivity contribution in [1.82, 2.24) is 4.98 Å². The van der Waals surface area contributed by atoms with E-state index in [2.05, 4.69) is 16.4 Å². The highest BCUT2D eigenvalue weighted by Crippen LogP contribution is 2.37. The molecule has 4 rings (SSSR count). The fourth-order valence-electron chi connectivity index (χ4n) is 4.40. The number of carbonyl (C=O) groups excluding carboxylic acids is 2.